The van der Waals surface area contributed by atoms with Crippen LogP contribution in [0.15, 0.2) is 53.4 Å². The van der Waals surface area contributed by atoms with E-state index in [2.05, 4.69) is 29.2 Å². The lowest BCUT2D eigenvalue weighted by atomic mass is 10.0. The molecule has 2 aliphatic rings. The fourth-order valence-electron chi connectivity index (χ4n) is 4.52. The Balaban J connectivity index is 1.25. The molecule has 0 spiro atoms. The summed E-state index contributed by atoms with van der Waals surface area (Å²) in [5, 5.41) is 0. The van der Waals surface area contributed by atoms with Crippen LogP contribution < -0.4 is 0 Å². The van der Waals surface area contributed by atoms with Gasteiger partial charge in [0, 0.05) is 32.7 Å². The van der Waals surface area contributed by atoms with E-state index in [4.69, 9.17) is 4.74 Å². The summed E-state index contributed by atoms with van der Waals surface area (Å²) in [4.78, 5) is 2.53. The van der Waals surface area contributed by atoms with Gasteiger partial charge in [0.25, 0.3) is 0 Å². The van der Waals surface area contributed by atoms with Crippen molar-refractivity contribution >= 4 is 10.0 Å². The molecule has 2 saturated heterocycles. The molecule has 2 fully saturated rings. The summed E-state index contributed by atoms with van der Waals surface area (Å²) in [6.45, 7) is 5.54. The topological polar surface area (TPSA) is 49.9 Å². The fraction of sp³-hybridized carbons (Fsp3) is 0.500. The van der Waals surface area contributed by atoms with Gasteiger partial charge >= 0.3 is 0 Å². The van der Waals surface area contributed by atoms with Gasteiger partial charge in [0.15, 0.2) is 0 Å². The van der Waals surface area contributed by atoms with E-state index in [-0.39, 0.29) is 17.1 Å². The highest BCUT2D eigenvalue weighted by Gasteiger charge is 2.32. The van der Waals surface area contributed by atoms with E-state index in [1.165, 1.54) is 22.0 Å². The van der Waals surface area contributed by atoms with Crippen molar-refractivity contribution in [3.63, 3.8) is 0 Å². The van der Waals surface area contributed by atoms with Gasteiger partial charge < -0.3 is 4.74 Å². The summed E-state index contributed by atoms with van der Waals surface area (Å²) < 4.78 is 47.3. The Morgan fingerprint density at radius 3 is 2.19 bits per heavy atom. The molecule has 2 heterocycles. The number of rotatable bonds is 6. The van der Waals surface area contributed by atoms with Crippen molar-refractivity contribution in [2.24, 2.45) is 0 Å². The Bertz CT molecular complexity index is 968. The van der Waals surface area contributed by atoms with Gasteiger partial charge in [-0.2, -0.15) is 4.31 Å². The normalized spacial score (nSPS) is 20.2. The zero-order valence-electron chi connectivity index (χ0n) is 18.0. The molecule has 0 unspecified atom stereocenters. The summed E-state index contributed by atoms with van der Waals surface area (Å²) in [6.07, 6.45) is 3.70. The molecule has 31 heavy (non-hydrogen) atoms. The lowest BCUT2D eigenvalue weighted by Crippen LogP contribution is -2.43. The number of piperidine rings is 2. The largest absolute Gasteiger partial charge is 0.375 e. The Hall–Kier alpha value is -1.80. The highest BCUT2D eigenvalue weighted by atomic mass is 32.2. The molecule has 0 bridgehead atoms. The number of hydrogen-bond donors (Lipinski definition) is 0. The highest BCUT2D eigenvalue weighted by molar-refractivity contribution is 7.89. The van der Waals surface area contributed by atoms with E-state index in [0.29, 0.717) is 31.5 Å². The van der Waals surface area contributed by atoms with Crippen LogP contribution in [0.4, 0.5) is 4.39 Å². The summed E-state index contributed by atoms with van der Waals surface area (Å²) >= 11 is 0. The maximum atomic E-state index is 13.6. The summed E-state index contributed by atoms with van der Waals surface area (Å²) in [5.41, 5.74) is 1.91. The van der Waals surface area contributed by atoms with Crippen molar-refractivity contribution in [2.75, 3.05) is 26.2 Å². The number of benzene rings is 2. The molecule has 5 nitrogen and oxygen atoms in total. The van der Waals surface area contributed by atoms with Crippen LogP contribution in [-0.4, -0.2) is 56.0 Å². The zero-order valence-corrected chi connectivity index (χ0v) is 18.9. The molecule has 0 N–H and O–H groups in total. The first-order chi connectivity index (χ1) is 14.9. The van der Waals surface area contributed by atoms with Crippen LogP contribution in [0.3, 0.4) is 0 Å². The molecule has 0 radical (unpaired) electrons. The predicted molar refractivity (Wildman–Crippen MR) is 119 cm³/mol. The Labute approximate surface area is 184 Å². The predicted octanol–water partition coefficient (Wildman–Crippen LogP) is 3.97. The van der Waals surface area contributed by atoms with E-state index >= 15 is 0 Å². The molecule has 0 saturated carbocycles. The van der Waals surface area contributed by atoms with Crippen LogP contribution in [0.25, 0.3) is 0 Å². The number of nitrogens with zero attached hydrogens (tertiary/aromatic N) is 2. The lowest BCUT2D eigenvalue weighted by molar-refractivity contribution is -0.0595. The van der Waals surface area contributed by atoms with E-state index < -0.39 is 15.8 Å². The molecule has 2 aromatic carbocycles. The van der Waals surface area contributed by atoms with Crippen LogP contribution >= 0.6 is 0 Å². The molecule has 4 rings (SSSR count). The second-order valence-electron chi connectivity index (χ2n) is 8.61. The van der Waals surface area contributed by atoms with Crippen molar-refractivity contribution < 1.29 is 17.5 Å². The second-order valence-corrected chi connectivity index (χ2v) is 10.5. The van der Waals surface area contributed by atoms with Gasteiger partial charge in [0.05, 0.1) is 17.1 Å². The number of sulfonamides is 1. The average Bonchev–Trinajstić information content (AvgIpc) is 2.78. The van der Waals surface area contributed by atoms with E-state index in [0.717, 1.165) is 38.5 Å². The molecule has 0 atom stereocenters. The maximum Gasteiger partial charge on any atom is 0.243 e. The third-order valence-electron chi connectivity index (χ3n) is 6.34. The molecule has 168 valence electrons. The monoisotopic (exact) mass is 446 g/mol. The van der Waals surface area contributed by atoms with Gasteiger partial charge in [-0.3, -0.25) is 4.90 Å². The van der Waals surface area contributed by atoms with Gasteiger partial charge in [0.2, 0.25) is 10.0 Å². The minimum Gasteiger partial charge on any atom is -0.375 e. The molecular formula is C24H31FN2O3S. The van der Waals surface area contributed by atoms with Crippen molar-refractivity contribution in [3.8, 4) is 0 Å². The van der Waals surface area contributed by atoms with Gasteiger partial charge in [-0.15, -0.1) is 0 Å². The number of halogens is 1. The first kappa shape index (κ1) is 22.4. The second kappa shape index (κ2) is 9.77. The van der Waals surface area contributed by atoms with E-state index in [9.17, 15) is 12.8 Å². The summed E-state index contributed by atoms with van der Waals surface area (Å²) in [7, 11) is -3.68. The molecule has 0 aromatic heterocycles. The highest BCUT2D eigenvalue weighted by Crippen LogP contribution is 2.27. The third-order valence-corrected chi connectivity index (χ3v) is 8.38. The minimum absolute atomic E-state index is 0.0673. The van der Waals surface area contributed by atoms with Crippen LogP contribution in [0, 0.1) is 12.7 Å². The van der Waals surface area contributed by atoms with Gasteiger partial charge in [-0.1, -0.05) is 36.4 Å². The first-order valence-corrected chi connectivity index (χ1v) is 12.5. The lowest BCUT2D eigenvalue weighted by Gasteiger charge is -2.37. The molecule has 7 heteroatoms. The van der Waals surface area contributed by atoms with Crippen LogP contribution in [0.5, 0.6) is 0 Å². The zero-order chi connectivity index (χ0) is 21.8. The molecule has 2 aromatic rings. The van der Waals surface area contributed by atoms with Crippen LogP contribution in [0.1, 0.15) is 36.8 Å². The third kappa shape index (κ3) is 5.52. The SMILES string of the molecule is Cc1ccc(F)cc1S(=O)(=O)N1CCC(OC2CCN(Cc3ccccc3)CC2)CC1. The van der Waals surface area contributed by atoms with Crippen molar-refractivity contribution in [2.45, 2.75) is 56.3 Å². The molecule has 2 aliphatic heterocycles. The summed E-state index contributed by atoms with van der Waals surface area (Å²) in [6, 6.07) is 14.4. The van der Waals surface area contributed by atoms with Crippen LogP contribution in [0.2, 0.25) is 0 Å². The van der Waals surface area contributed by atoms with Gasteiger partial charge in [0.1, 0.15) is 5.82 Å². The minimum atomic E-state index is -3.68. The summed E-state index contributed by atoms with van der Waals surface area (Å²) in [5.74, 6) is -0.527. The Morgan fingerprint density at radius 2 is 1.55 bits per heavy atom. The van der Waals surface area contributed by atoms with E-state index in [1.54, 1.807) is 6.92 Å². The number of aryl methyl sites for hydroxylation is 1. The van der Waals surface area contributed by atoms with E-state index in [1.807, 2.05) is 6.07 Å². The molecular weight excluding hydrogens is 415 g/mol. The standard InChI is InChI=1S/C24H31FN2O3S/c1-19-7-8-21(25)17-24(19)31(28,29)27-15-11-23(12-16-27)30-22-9-13-26(14-10-22)18-20-5-3-2-4-6-20/h2-8,17,22-23H,9-16,18H2,1H3. The number of hydrogen-bond acceptors (Lipinski definition) is 4. The van der Waals surface area contributed by atoms with Gasteiger partial charge in [-0.25, -0.2) is 12.8 Å². The smallest absolute Gasteiger partial charge is 0.243 e. The van der Waals surface area contributed by atoms with Crippen molar-refractivity contribution in [1.29, 1.82) is 0 Å². The molecule has 0 aliphatic carbocycles. The maximum absolute atomic E-state index is 13.6. The fourth-order valence-corrected chi connectivity index (χ4v) is 6.22. The molecule has 0 amide bonds. The average molecular weight is 447 g/mol. The Kier molecular flexibility index (Phi) is 7.06. The first-order valence-electron chi connectivity index (χ1n) is 11.1. The van der Waals surface area contributed by atoms with Crippen LogP contribution in [-0.2, 0) is 21.3 Å². The van der Waals surface area contributed by atoms with Crippen molar-refractivity contribution in [1.82, 2.24) is 9.21 Å². The number of likely N-dealkylation sites (tertiary alicyclic amines) is 1. The number of ether oxygens (including phenoxy) is 1. The Morgan fingerprint density at radius 1 is 0.935 bits per heavy atom. The van der Waals surface area contributed by atoms with Gasteiger partial charge in [-0.05, 0) is 55.9 Å². The van der Waals surface area contributed by atoms with Crippen molar-refractivity contribution in [3.05, 3.63) is 65.5 Å². The quantitative estimate of drug-likeness (QED) is 0.674.